The molecule has 0 saturated heterocycles. The molecule has 0 saturated carbocycles. The van der Waals surface area contributed by atoms with Gasteiger partial charge in [0.25, 0.3) is 0 Å². The van der Waals surface area contributed by atoms with E-state index in [1.807, 2.05) is 6.92 Å². The standard InChI is InChI=1S/C18H34O2/c1-9-11-13-19-17(5,6)12-14-20-18(7,8)16(4)15(3)10-2/h10H,4,9,11-14H2,1-3,5-8H3/b15-10+. The van der Waals surface area contributed by atoms with E-state index in [9.17, 15) is 0 Å². The van der Waals surface area contributed by atoms with Crippen molar-refractivity contribution >= 4 is 0 Å². The van der Waals surface area contributed by atoms with Crippen LogP contribution in [0.25, 0.3) is 0 Å². The van der Waals surface area contributed by atoms with Crippen molar-refractivity contribution in [3.05, 3.63) is 23.8 Å². The van der Waals surface area contributed by atoms with E-state index < -0.39 is 0 Å². The van der Waals surface area contributed by atoms with Crippen LogP contribution in [-0.2, 0) is 9.47 Å². The largest absolute Gasteiger partial charge is 0.375 e. The zero-order chi connectivity index (χ0) is 15.8. The minimum atomic E-state index is -0.323. The summed E-state index contributed by atoms with van der Waals surface area (Å²) < 4.78 is 11.9. The average Bonchev–Trinajstić information content (AvgIpc) is 2.36. The van der Waals surface area contributed by atoms with Gasteiger partial charge in [-0.05, 0) is 65.5 Å². The molecular formula is C18H34O2. The molecule has 0 fully saturated rings. The Balaban J connectivity index is 4.24. The highest BCUT2D eigenvalue weighted by atomic mass is 16.5. The van der Waals surface area contributed by atoms with Crippen LogP contribution in [-0.4, -0.2) is 24.4 Å². The van der Waals surface area contributed by atoms with E-state index in [-0.39, 0.29) is 11.2 Å². The van der Waals surface area contributed by atoms with Crippen molar-refractivity contribution in [3.63, 3.8) is 0 Å². The molecule has 0 amide bonds. The summed E-state index contributed by atoms with van der Waals surface area (Å²) in [4.78, 5) is 0. The lowest BCUT2D eigenvalue weighted by molar-refractivity contribution is -0.0619. The molecule has 0 aromatic heterocycles. The van der Waals surface area contributed by atoms with Crippen molar-refractivity contribution in [1.82, 2.24) is 0 Å². The highest BCUT2D eigenvalue weighted by Gasteiger charge is 2.25. The number of unbranched alkanes of at least 4 members (excludes halogenated alkanes) is 1. The van der Waals surface area contributed by atoms with Crippen LogP contribution in [0.1, 0.15) is 67.7 Å². The van der Waals surface area contributed by atoms with E-state index in [1.165, 1.54) is 12.0 Å². The van der Waals surface area contributed by atoms with Gasteiger partial charge in [0.1, 0.15) is 0 Å². The Morgan fingerprint density at radius 1 is 1.10 bits per heavy atom. The molecule has 0 aliphatic rings. The summed E-state index contributed by atoms with van der Waals surface area (Å²) >= 11 is 0. The van der Waals surface area contributed by atoms with E-state index in [0.29, 0.717) is 6.61 Å². The average molecular weight is 282 g/mol. The Kier molecular flexibility index (Phi) is 8.38. The van der Waals surface area contributed by atoms with E-state index >= 15 is 0 Å². The third-order valence-corrected chi connectivity index (χ3v) is 3.79. The van der Waals surface area contributed by atoms with Crippen LogP contribution in [0.4, 0.5) is 0 Å². The van der Waals surface area contributed by atoms with Gasteiger partial charge in [0.05, 0.1) is 17.8 Å². The first-order valence-corrected chi connectivity index (χ1v) is 7.77. The Morgan fingerprint density at radius 3 is 2.20 bits per heavy atom. The van der Waals surface area contributed by atoms with Gasteiger partial charge in [-0.25, -0.2) is 0 Å². The third kappa shape index (κ3) is 7.25. The van der Waals surface area contributed by atoms with Crippen LogP contribution >= 0.6 is 0 Å². The summed E-state index contributed by atoms with van der Waals surface area (Å²) in [5.74, 6) is 0. The SMILES string of the molecule is C=C(/C(C)=C/C)C(C)(C)OCCC(C)(C)OCCCC. The molecule has 0 heterocycles. The molecule has 0 aliphatic carbocycles. The topological polar surface area (TPSA) is 18.5 Å². The van der Waals surface area contributed by atoms with Gasteiger partial charge in [0, 0.05) is 6.61 Å². The van der Waals surface area contributed by atoms with Gasteiger partial charge in [-0.1, -0.05) is 26.0 Å². The first-order valence-electron chi connectivity index (χ1n) is 7.77. The van der Waals surface area contributed by atoms with E-state index in [0.717, 1.165) is 25.0 Å². The minimum Gasteiger partial charge on any atom is -0.375 e. The zero-order valence-electron chi connectivity index (χ0n) is 14.6. The maximum absolute atomic E-state index is 6.04. The van der Waals surface area contributed by atoms with Crippen molar-refractivity contribution in [1.29, 1.82) is 0 Å². The van der Waals surface area contributed by atoms with Gasteiger partial charge in [-0.3, -0.25) is 0 Å². The monoisotopic (exact) mass is 282 g/mol. The first-order chi connectivity index (χ1) is 9.16. The summed E-state index contributed by atoms with van der Waals surface area (Å²) in [6.45, 7) is 20.4. The van der Waals surface area contributed by atoms with Crippen LogP contribution < -0.4 is 0 Å². The van der Waals surface area contributed by atoms with Gasteiger partial charge in [0.15, 0.2) is 0 Å². The number of allylic oxidation sites excluding steroid dienone is 1. The fraction of sp³-hybridized carbons (Fsp3) is 0.778. The Hall–Kier alpha value is -0.600. The van der Waals surface area contributed by atoms with Gasteiger partial charge in [-0.2, -0.15) is 0 Å². The van der Waals surface area contributed by atoms with Crippen LogP contribution in [0.5, 0.6) is 0 Å². The van der Waals surface area contributed by atoms with E-state index in [4.69, 9.17) is 9.47 Å². The number of hydrogen-bond donors (Lipinski definition) is 0. The molecule has 2 nitrogen and oxygen atoms in total. The summed E-state index contributed by atoms with van der Waals surface area (Å²) in [5.41, 5.74) is 1.79. The van der Waals surface area contributed by atoms with Gasteiger partial charge in [0.2, 0.25) is 0 Å². The summed E-state index contributed by atoms with van der Waals surface area (Å²) in [6.07, 6.45) is 5.25. The van der Waals surface area contributed by atoms with Crippen molar-refractivity contribution in [2.45, 2.75) is 78.9 Å². The lowest BCUT2D eigenvalue weighted by atomic mass is 9.93. The Labute approximate surface area is 126 Å². The maximum atomic E-state index is 6.04. The highest BCUT2D eigenvalue weighted by molar-refractivity contribution is 5.32. The lowest BCUT2D eigenvalue weighted by Crippen LogP contribution is -2.32. The van der Waals surface area contributed by atoms with Crippen molar-refractivity contribution in [2.75, 3.05) is 13.2 Å². The first kappa shape index (κ1) is 19.4. The van der Waals surface area contributed by atoms with Crippen LogP contribution in [0.15, 0.2) is 23.8 Å². The molecule has 0 spiro atoms. The third-order valence-electron chi connectivity index (χ3n) is 3.79. The van der Waals surface area contributed by atoms with Gasteiger partial charge in [-0.15, -0.1) is 0 Å². The number of rotatable bonds is 10. The fourth-order valence-corrected chi connectivity index (χ4v) is 1.85. The minimum absolute atomic E-state index is 0.123. The molecular weight excluding hydrogens is 248 g/mol. The second kappa shape index (κ2) is 8.63. The molecule has 0 atom stereocenters. The fourth-order valence-electron chi connectivity index (χ4n) is 1.85. The molecule has 0 radical (unpaired) electrons. The molecule has 0 aliphatic heterocycles. The Morgan fingerprint density at radius 2 is 1.70 bits per heavy atom. The zero-order valence-corrected chi connectivity index (χ0v) is 14.6. The predicted octanol–water partition coefficient (Wildman–Crippen LogP) is 5.29. The lowest BCUT2D eigenvalue weighted by Gasteiger charge is -2.31. The van der Waals surface area contributed by atoms with E-state index in [2.05, 4.69) is 54.2 Å². The van der Waals surface area contributed by atoms with Crippen molar-refractivity contribution < 1.29 is 9.47 Å². The molecule has 0 rings (SSSR count). The quantitative estimate of drug-likeness (QED) is 0.400. The second-order valence-corrected chi connectivity index (χ2v) is 6.52. The summed E-state index contributed by atoms with van der Waals surface area (Å²) in [5, 5.41) is 0. The maximum Gasteiger partial charge on any atom is 0.0872 e. The molecule has 118 valence electrons. The Bertz CT molecular complexity index is 324. The molecule has 0 aromatic rings. The van der Waals surface area contributed by atoms with Crippen molar-refractivity contribution in [3.8, 4) is 0 Å². The van der Waals surface area contributed by atoms with E-state index in [1.54, 1.807) is 0 Å². The normalized spacial score (nSPS) is 13.7. The molecule has 20 heavy (non-hydrogen) atoms. The molecule has 0 bridgehead atoms. The number of hydrogen-bond acceptors (Lipinski definition) is 2. The molecule has 0 unspecified atom stereocenters. The van der Waals surface area contributed by atoms with Crippen molar-refractivity contribution in [2.24, 2.45) is 0 Å². The van der Waals surface area contributed by atoms with Crippen LogP contribution in [0, 0.1) is 0 Å². The smallest absolute Gasteiger partial charge is 0.0872 e. The summed E-state index contributed by atoms with van der Waals surface area (Å²) in [7, 11) is 0. The predicted molar refractivity (Wildman–Crippen MR) is 88.2 cm³/mol. The second-order valence-electron chi connectivity index (χ2n) is 6.52. The van der Waals surface area contributed by atoms with Gasteiger partial charge < -0.3 is 9.47 Å². The molecule has 2 heteroatoms. The number of ether oxygens (including phenoxy) is 2. The summed E-state index contributed by atoms with van der Waals surface area (Å²) in [6, 6.07) is 0. The molecule has 0 aromatic carbocycles. The van der Waals surface area contributed by atoms with Crippen LogP contribution in [0.3, 0.4) is 0 Å². The molecule has 0 N–H and O–H groups in total. The highest BCUT2D eigenvalue weighted by Crippen LogP contribution is 2.26. The van der Waals surface area contributed by atoms with Gasteiger partial charge >= 0.3 is 0 Å². The van der Waals surface area contributed by atoms with Crippen LogP contribution in [0.2, 0.25) is 0 Å².